The fraction of sp³-hybridized carbons (Fsp3) is 0.550. The van der Waals surface area contributed by atoms with Crippen LogP contribution in [-0.2, 0) is 18.3 Å². The Morgan fingerprint density at radius 3 is 2.63 bits per heavy atom. The number of morpholine rings is 1. The average molecular weight is 548 g/mol. The van der Waals surface area contributed by atoms with E-state index in [4.69, 9.17) is 16.3 Å². The summed E-state index contributed by atoms with van der Waals surface area (Å²) < 4.78 is 7.65. The first-order valence-corrected chi connectivity index (χ1v) is 10.2. The van der Waals surface area contributed by atoms with Gasteiger partial charge in [0.1, 0.15) is 12.2 Å². The van der Waals surface area contributed by atoms with E-state index in [0.717, 1.165) is 36.5 Å². The largest absolute Gasteiger partial charge is 0.373 e. The van der Waals surface area contributed by atoms with Gasteiger partial charge < -0.3 is 15.4 Å². The molecule has 8 nitrogen and oxygen atoms in total. The molecule has 1 aliphatic heterocycles. The Labute approximate surface area is 200 Å². The van der Waals surface area contributed by atoms with Gasteiger partial charge >= 0.3 is 0 Å². The van der Waals surface area contributed by atoms with Crippen molar-refractivity contribution in [1.82, 2.24) is 30.3 Å². The molecule has 0 bridgehead atoms. The van der Waals surface area contributed by atoms with Crippen molar-refractivity contribution < 1.29 is 4.74 Å². The number of benzene rings is 1. The maximum absolute atomic E-state index is 6.11. The van der Waals surface area contributed by atoms with E-state index in [0.29, 0.717) is 13.1 Å². The van der Waals surface area contributed by atoms with Crippen LogP contribution in [0.15, 0.2) is 35.6 Å². The molecule has 0 amide bonds. The van der Waals surface area contributed by atoms with E-state index in [1.54, 1.807) is 18.1 Å². The highest BCUT2D eigenvalue weighted by Gasteiger charge is 2.32. The Morgan fingerprint density at radius 2 is 2.03 bits per heavy atom. The van der Waals surface area contributed by atoms with Crippen LogP contribution in [-0.4, -0.2) is 64.5 Å². The minimum absolute atomic E-state index is 0. The molecule has 166 valence electrons. The second-order valence-electron chi connectivity index (χ2n) is 7.75. The molecule has 2 aromatic rings. The second kappa shape index (κ2) is 11.3. The highest BCUT2D eigenvalue weighted by molar-refractivity contribution is 14.0. The van der Waals surface area contributed by atoms with Gasteiger partial charge in [-0.3, -0.25) is 14.6 Å². The van der Waals surface area contributed by atoms with E-state index in [-0.39, 0.29) is 35.6 Å². The molecule has 1 saturated heterocycles. The molecule has 2 N–H and O–H groups in total. The monoisotopic (exact) mass is 547 g/mol. The van der Waals surface area contributed by atoms with Gasteiger partial charge in [0.2, 0.25) is 0 Å². The molecule has 1 aromatic heterocycles. The quantitative estimate of drug-likeness (QED) is 0.329. The fourth-order valence-electron chi connectivity index (χ4n) is 3.52. The van der Waals surface area contributed by atoms with Crippen LogP contribution in [0.3, 0.4) is 0 Å². The van der Waals surface area contributed by atoms with E-state index in [2.05, 4.69) is 56.6 Å². The van der Waals surface area contributed by atoms with E-state index < -0.39 is 0 Å². The third-order valence-electron chi connectivity index (χ3n) is 5.06. The van der Waals surface area contributed by atoms with Crippen molar-refractivity contribution in [2.45, 2.75) is 32.0 Å². The molecular weight excluding hydrogens is 517 g/mol. The predicted octanol–water partition coefficient (Wildman–Crippen LogP) is 2.60. The van der Waals surface area contributed by atoms with Crippen LogP contribution in [0.5, 0.6) is 0 Å². The summed E-state index contributed by atoms with van der Waals surface area (Å²) in [5, 5.41) is 11.6. The second-order valence-corrected chi connectivity index (χ2v) is 8.19. The lowest BCUT2D eigenvalue weighted by Crippen LogP contribution is -2.52. The van der Waals surface area contributed by atoms with Gasteiger partial charge in [-0.15, -0.1) is 24.0 Å². The van der Waals surface area contributed by atoms with E-state index >= 15 is 0 Å². The smallest absolute Gasteiger partial charge is 0.191 e. The summed E-state index contributed by atoms with van der Waals surface area (Å²) >= 11 is 6.11. The minimum atomic E-state index is -0.173. The number of hydrogen-bond acceptors (Lipinski definition) is 5. The summed E-state index contributed by atoms with van der Waals surface area (Å²) in [5.74, 6) is 1.57. The number of ether oxygens (including phenoxy) is 1. The molecule has 0 spiro atoms. The van der Waals surface area contributed by atoms with Crippen molar-refractivity contribution in [3.05, 3.63) is 47.0 Å². The zero-order valence-electron chi connectivity index (χ0n) is 17.9. The first kappa shape index (κ1) is 24.8. The molecule has 1 unspecified atom stereocenters. The van der Waals surface area contributed by atoms with Crippen LogP contribution in [0.1, 0.15) is 31.3 Å². The Morgan fingerprint density at radius 1 is 1.30 bits per heavy atom. The topological polar surface area (TPSA) is 79.6 Å². The van der Waals surface area contributed by atoms with Crippen LogP contribution in [0, 0.1) is 0 Å². The number of aliphatic imine (C=N–C) groups is 1. The normalized spacial score (nSPS) is 17.8. The standard InChI is InChI=1S/C20H30ClN7O.HI/c1-20(2)13-28(9-10-29-20)17(15-5-7-16(21)8-6-15)11-23-19(22-3)24-12-18-25-14-26-27(18)4;/h5-8,14,17H,9-13H2,1-4H3,(H2,22,23,24);1H. The van der Waals surface area contributed by atoms with Crippen LogP contribution >= 0.6 is 35.6 Å². The molecule has 30 heavy (non-hydrogen) atoms. The van der Waals surface area contributed by atoms with Crippen molar-refractivity contribution in [3.63, 3.8) is 0 Å². The maximum Gasteiger partial charge on any atom is 0.191 e. The van der Waals surface area contributed by atoms with Crippen LogP contribution in [0.25, 0.3) is 0 Å². The Balaban J connectivity index is 0.00000320. The Bertz CT molecular complexity index is 825. The van der Waals surface area contributed by atoms with Gasteiger partial charge in [-0.05, 0) is 31.5 Å². The number of rotatable bonds is 6. The minimum Gasteiger partial charge on any atom is -0.373 e. The summed E-state index contributed by atoms with van der Waals surface area (Å²) in [4.78, 5) is 11.0. The predicted molar refractivity (Wildman–Crippen MR) is 130 cm³/mol. The zero-order valence-corrected chi connectivity index (χ0v) is 21.0. The Kier molecular flexibility index (Phi) is 9.32. The molecule has 10 heteroatoms. The van der Waals surface area contributed by atoms with Crippen molar-refractivity contribution in [1.29, 1.82) is 0 Å². The molecule has 1 aromatic carbocycles. The third-order valence-corrected chi connectivity index (χ3v) is 5.31. The van der Waals surface area contributed by atoms with Gasteiger partial charge in [-0.1, -0.05) is 23.7 Å². The summed E-state index contributed by atoms with van der Waals surface area (Å²) in [5.41, 5.74) is 1.04. The van der Waals surface area contributed by atoms with Gasteiger partial charge in [0, 0.05) is 38.8 Å². The third kappa shape index (κ3) is 6.79. The molecule has 1 atom stereocenters. The highest BCUT2D eigenvalue weighted by atomic mass is 127. The van der Waals surface area contributed by atoms with Gasteiger partial charge in [0.05, 0.1) is 24.8 Å². The van der Waals surface area contributed by atoms with Gasteiger partial charge in [-0.2, -0.15) is 5.10 Å². The molecule has 1 aliphatic rings. The van der Waals surface area contributed by atoms with Gasteiger partial charge in [-0.25, -0.2) is 4.98 Å². The molecule has 0 aliphatic carbocycles. The number of aromatic nitrogens is 3. The zero-order chi connectivity index (χ0) is 20.9. The number of nitrogens with one attached hydrogen (secondary N) is 2. The lowest BCUT2D eigenvalue weighted by Gasteiger charge is -2.42. The average Bonchev–Trinajstić information content (AvgIpc) is 3.10. The van der Waals surface area contributed by atoms with E-state index in [9.17, 15) is 0 Å². The van der Waals surface area contributed by atoms with Crippen molar-refractivity contribution in [2.24, 2.45) is 12.0 Å². The molecule has 0 radical (unpaired) electrons. The number of aryl methyl sites for hydroxylation is 1. The molecule has 1 fully saturated rings. The lowest BCUT2D eigenvalue weighted by atomic mass is 10.0. The first-order valence-electron chi connectivity index (χ1n) is 9.79. The number of halogens is 2. The first-order chi connectivity index (χ1) is 13.9. The van der Waals surface area contributed by atoms with Gasteiger partial charge in [0.15, 0.2) is 5.96 Å². The number of nitrogens with zero attached hydrogens (tertiary/aromatic N) is 5. The van der Waals surface area contributed by atoms with E-state index in [1.807, 2.05) is 19.2 Å². The molecule has 2 heterocycles. The Hall–Kier alpha value is -1.43. The van der Waals surface area contributed by atoms with E-state index in [1.165, 1.54) is 5.56 Å². The van der Waals surface area contributed by atoms with Crippen molar-refractivity contribution in [3.8, 4) is 0 Å². The van der Waals surface area contributed by atoms with Crippen molar-refractivity contribution >= 4 is 41.5 Å². The maximum atomic E-state index is 6.11. The van der Waals surface area contributed by atoms with Crippen LogP contribution < -0.4 is 10.6 Å². The number of hydrogen-bond donors (Lipinski definition) is 2. The molecule has 0 saturated carbocycles. The molecule has 3 rings (SSSR count). The summed E-state index contributed by atoms with van der Waals surface area (Å²) in [6.45, 7) is 7.97. The van der Waals surface area contributed by atoms with Crippen LogP contribution in [0.4, 0.5) is 0 Å². The fourth-order valence-corrected chi connectivity index (χ4v) is 3.64. The summed E-state index contributed by atoms with van der Waals surface area (Å²) in [6.07, 6.45) is 1.55. The molecular formula is C20H31ClIN7O. The summed E-state index contributed by atoms with van der Waals surface area (Å²) in [6, 6.07) is 8.23. The highest BCUT2D eigenvalue weighted by Crippen LogP contribution is 2.27. The van der Waals surface area contributed by atoms with Crippen LogP contribution in [0.2, 0.25) is 5.02 Å². The van der Waals surface area contributed by atoms with Gasteiger partial charge in [0.25, 0.3) is 0 Å². The number of guanidine groups is 1. The SMILES string of the molecule is CN=C(NCc1ncnn1C)NCC(c1ccc(Cl)cc1)N1CCOC(C)(C)C1.I. The van der Waals surface area contributed by atoms with Crippen molar-refractivity contribution in [2.75, 3.05) is 33.3 Å². The lowest BCUT2D eigenvalue weighted by molar-refractivity contribution is -0.0971. The summed E-state index contributed by atoms with van der Waals surface area (Å²) in [7, 11) is 3.64.